The Balaban J connectivity index is 1.51. The highest BCUT2D eigenvalue weighted by Gasteiger charge is 2.47. The second-order valence-corrected chi connectivity index (χ2v) is 8.61. The first kappa shape index (κ1) is 21.1. The Bertz CT molecular complexity index is 623. The van der Waals surface area contributed by atoms with Crippen molar-refractivity contribution in [2.45, 2.75) is 52.0 Å². The van der Waals surface area contributed by atoms with Gasteiger partial charge in [0, 0.05) is 13.1 Å². The molecule has 1 aromatic rings. The van der Waals surface area contributed by atoms with E-state index >= 15 is 0 Å². The molecule has 28 heavy (non-hydrogen) atoms. The molecule has 0 aliphatic carbocycles. The van der Waals surface area contributed by atoms with Crippen LogP contribution in [-0.4, -0.2) is 68.1 Å². The average molecular weight is 388 g/mol. The number of hydrogen-bond donors (Lipinski definition) is 1. The smallest absolute Gasteiger partial charge is 0.237 e. The van der Waals surface area contributed by atoms with Gasteiger partial charge in [-0.3, -0.25) is 9.69 Å². The average Bonchev–Trinajstić information content (AvgIpc) is 3.05. The molecule has 1 spiro atoms. The molecule has 0 radical (unpaired) electrons. The van der Waals surface area contributed by atoms with Gasteiger partial charge in [-0.25, -0.2) is 0 Å². The molecular weight excluding hydrogens is 350 g/mol. The van der Waals surface area contributed by atoms with Gasteiger partial charge in [-0.15, -0.1) is 0 Å². The van der Waals surface area contributed by atoms with Crippen LogP contribution in [0.5, 0.6) is 5.75 Å². The molecule has 0 unspecified atom stereocenters. The lowest BCUT2D eigenvalue weighted by Gasteiger charge is -2.37. The van der Waals surface area contributed by atoms with Gasteiger partial charge in [0.1, 0.15) is 5.75 Å². The maximum atomic E-state index is 13.0. The zero-order valence-corrected chi connectivity index (χ0v) is 17.9. The summed E-state index contributed by atoms with van der Waals surface area (Å²) in [5.74, 6) is 1.12. The maximum Gasteiger partial charge on any atom is 0.237 e. The van der Waals surface area contributed by atoms with Crippen molar-refractivity contribution in [3.63, 3.8) is 0 Å². The molecule has 1 aromatic carbocycles. The molecular formula is C23H37N3O2. The third kappa shape index (κ3) is 5.26. The molecule has 3 rings (SSSR count). The first-order chi connectivity index (χ1) is 13.5. The van der Waals surface area contributed by atoms with Crippen LogP contribution in [0.3, 0.4) is 0 Å². The van der Waals surface area contributed by atoms with Gasteiger partial charge in [-0.2, -0.15) is 0 Å². The topological polar surface area (TPSA) is 44.8 Å². The maximum absolute atomic E-state index is 13.0. The lowest BCUT2D eigenvalue weighted by atomic mass is 9.76. The predicted molar refractivity (Wildman–Crippen MR) is 114 cm³/mol. The zero-order chi connectivity index (χ0) is 20.0. The molecule has 1 N–H and O–H groups in total. The summed E-state index contributed by atoms with van der Waals surface area (Å²) in [6.07, 6.45) is 5.43. The lowest BCUT2D eigenvalue weighted by molar-refractivity contribution is -0.125. The first-order valence-corrected chi connectivity index (χ1v) is 11.0. The van der Waals surface area contributed by atoms with Crippen molar-refractivity contribution in [1.82, 2.24) is 15.1 Å². The van der Waals surface area contributed by atoms with E-state index in [1.54, 1.807) is 0 Å². The van der Waals surface area contributed by atoms with Crippen LogP contribution in [0, 0.1) is 5.41 Å². The number of nitrogens with one attached hydrogen (secondary N) is 1. The number of carbonyl (C=O) groups is 1. The minimum atomic E-state index is 0.0451. The second-order valence-electron chi connectivity index (χ2n) is 8.61. The minimum Gasteiger partial charge on any atom is -0.494 e. The fourth-order valence-corrected chi connectivity index (χ4v) is 4.75. The van der Waals surface area contributed by atoms with Crippen LogP contribution in [0.2, 0.25) is 0 Å². The number of likely N-dealkylation sites (tertiary alicyclic amines) is 2. The van der Waals surface area contributed by atoms with Gasteiger partial charge in [0.15, 0.2) is 0 Å². The van der Waals surface area contributed by atoms with Crippen molar-refractivity contribution >= 4 is 5.91 Å². The highest BCUT2D eigenvalue weighted by atomic mass is 16.5. The van der Waals surface area contributed by atoms with Gasteiger partial charge in [-0.1, -0.05) is 19.1 Å². The molecule has 0 bridgehead atoms. The summed E-state index contributed by atoms with van der Waals surface area (Å²) in [5.41, 5.74) is 1.58. The van der Waals surface area contributed by atoms with Crippen LogP contribution in [0.1, 0.15) is 45.1 Å². The van der Waals surface area contributed by atoms with Crippen LogP contribution >= 0.6 is 0 Å². The van der Waals surface area contributed by atoms with E-state index in [0.717, 1.165) is 51.2 Å². The molecule has 0 saturated carbocycles. The zero-order valence-electron chi connectivity index (χ0n) is 17.9. The number of rotatable bonds is 8. The highest BCUT2D eigenvalue weighted by Crippen LogP contribution is 2.43. The van der Waals surface area contributed by atoms with Gasteiger partial charge in [0.25, 0.3) is 0 Å². The molecule has 1 atom stereocenters. The van der Waals surface area contributed by atoms with Crippen molar-refractivity contribution in [2.75, 3.05) is 46.4 Å². The van der Waals surface area contributed by atoms with E-state index in [1.165, 1.54) is 18.4 Å². The number of ether oxygens (including phenoxy) is 1. The fourth-order valence-electron chi connectivity index (χ4n) is 4.75. The predicted octanol–water partition coefficient (Wildman–Crippen LogP) is 2.94. The third-order valence-electron chi connectivity index (χ3n) is 6.41. The molecule has 0 aromatic heterocycles. The van der Waals surface area contributed by atoms with Crippen LogP contribution in [-0.2, 0) is 11.2 Å². The van der Waals surface area contributed by atoms with E-state index in [-0.39, 0.29) is 11.9 Å². The largest absolute Gasteiger partial charge is 0.494 e. The molecule has 5 heteroatoms. The van der Waals surface area contributed by atoms with Gasteiger partial charge in [0.2, 0.25) is 5.91 Å². The summed E-state index contributed by atoms with van der Waals surface area (Å²) in [7, 11) is 2.21. The van der Waals surface area contributed by atoms with Gasteiger partial charge >= 0.3 is 0 Å². The highest BCUT2D eigenvalue weighted by molar-refractivity contribution is 5.82. The Morgan fingerprint density at radius 1 is 1.21 bits per heavy atom. The number of benzene rings is 1. The fraction of sp³-hybridized carbons (Fsp3) is 0.696. The Hall–Kier alpha value is -1.59. The normalized spacial score (nSPS) is 22.5. The van der Waals surface area contributed by atoms with Gasteiger partial charge in [0.05, 0.1) is 12.6 Å². The van der Waals surface area contributed by atoms with E-state index in [4.69, 9.17) is 4.74 Å². The SMILES string of the molecule is CCCN1CC2(CCN(C)CC2)C[C@@H]1C(=O)NCCc1ccc(OCC)cc1. The Morgan fingerprint density at radius 3 is 2.57 bits per heavy atom. The summed E-state index contributed by atoms with van der Waals surface area (Å²) < 4.78 is 5.49. The van der Waals surface area contributed by atoms with Crippen molar-refractivity contribution in [2.24, 2.45) is 5.41 Å². The summed E-state index contributed by atoms with van der Waals surface area (Å²) in [6.45, 7) is 10.0. The lowest BCUT2D eigenvalue weighted by Crippen LogP contribution is -2.44. The molecule has 156 valence electrons. The van der Waals surface area contributed by atoms with Crippen molar-refractivity contribution in [3.8, 4) is 5.75 Å². The Kier molecular flexibility index (Phi) is 7.36. The Morgan fingerprint density at radius 2 is 1.93 bits per heavy atom. The standard InChI is InChI=1S/C23H37N3O2/c1-4-14-26-18-23(11-15-25(3)16-12-23)17-21(26)22(27)24-13-10-19-6-8-20(9-7-19)28-5-2/h6-9,21H,4-5,10-18H2,1-3H3,(H,24,27)/t21-/m1/s1. The summed E-state index contributed by atoms with van der Waals surface area (Å²) in [4.78, 5) is 17.8. The van der Waals surface area contributed by atoms with Crippen LogP contribution in [0.4, 0.5) is 0 Å². The quantitative estimate of drug-likeness (QED) is 0.745. The minimum absolute atomic E-state index is 0.0451. The molecule has 2 fully saturated rings. The molecule has 2 saturated heterocycles. The van der Waals surface area contributed by atoms with E-state index in [1.807, 2.05) is 19.1 Å². The van der Waals surface area contributed by atoms with Crippen molar-refractivity contribution in [3.05, 3.63) is 29.8 Å². The van der Waals surface area contributed by atoms with Gasteiger partial charge < -0.3 is 15.0 Å². The van der Waals surface area contributed by atoms with Crippen LogP contribution in [0.15, 0.2) is 24.3 Å². The molecule has 2 heterocycles. The van der Waals surface area contributed by atoms with E-state index in [9.17, 15) is 4.79 Å². The number of hydrogen-bond acceptors (Lipinski definition) is 4. The van der Waals surface area contributed by atoms with Crippen molar-refractivity contribution in [1.29, 1.82) is 0 Å². The molecule has 5 nitrogen and oxygen atoms in total. The molecule has 1 amide bonds. The monoisotopic (exact) mass is 387 g/mol. The second kappa shape index (κ2) is 9.75. The number of nitrogens with zero attached hydrogens (tertiary/aromatic N) is 2. The number of carbonyl (C=O) groups excluding carboxylic acids is 1. The van der Waals surface area contributed by atoms with Crippen LogP contribution < -0.4 is 10.1 Å². The summed E-state index contributed by atoms with van der Waals surface area (Å²) in [6, 6.07) is 8.23. The van der Waals surface area contributed by atoms with Gasteiger partial charge in [-0.05, 0) is 88.8 Å². The van der Waals surface area contributed by atoms with Crippen LogP contribution in [0.25, 0.3) is 0 Å². The third-order valence-corrected chi connectivity index (χ3v) is 6.41. The molecule has 2 aliphatic rings. The first-order valence-electron chi connectivity index (χ1n) is 11.0. The summed E-state index contributed by atoms with van der Waals surface area (Å²) >= 11 is 0. The van der Waals surface area contributed by atoms with E-state index in [0.29, 0.717) is 18.6 Å². The van der Waals surface area contributed by atoms with E-state index in [2.05, 4.69) is 41.2 Å². The number of amides is 1. The van der Waals surface area contributed by atoms with Crippen molar-refractivity contribution < 1.29 is 9.53 Å². The summed E-state index contributed by atoms with van der Waals surface area (Å²) in [5, 5.41) is 3.21. The number of piperidine rings is 1. The molecule has 2 aliphatic heterocycles. The van der Waals surface area contributed by atoms with E-state index < -0.39 is 0 Å². The Labute approximate surface area is 170 Å².